The van der Waals surface area contributed by atoms with Crippen molar-refractivity contribution in [3.63, 3.8) is 0 Å². The maximum atomic E-state index is 13.3. The molecule has 2 aliphatic rings. The molecule has 0 aliphatic carbocycles. The van der Waals surface area contributed by atoms with E-state index in [2.05, 4.69) is 5.32 Å². The summed E-state index contributed by atoms with van der Waals surface area (Å²) in [6, 6.07) is 10.4. The number of nitro groups is 1. The van der Waals surface area contributed by atoms with Gasteiger partial charge in [-0.2, -0.15) is 0 Å². The molecule has 0 radical (unpaired) electrons. The van der Waals surface area contributed by atoms with E-state index in [0.29, 0.717) is 22.1 Å². The molecule has 0 amide bonds. The van der Waals surface area contributed by atoms with Crippen LogP contribution in [-0.4, -0.2) is 15.8 Å². The summed E-state index contributed by atoms with van der Waals surface area (Å²) in [5, 5.41) is 14.8. The summed E-state index contributed by atoms with van der Waals surface area (Å²) in [7, 11) is 0. The lowest BCUT2D eigenvalue weighted by atomic mass is 9.80. The Hall–Kier alpha value is -2.74. The number of non-ortho nitro benzene ring substituents is 1. The van der Waals surface area contributed by atoms with Gasteiger partial charge in [-0.05, 0) is 49.5 Å². The standard InChI is InChI=1S/C18H16FN3O3S/c1-10-16-14-9-13(22(23)24)7-8-15(14)25-18(10,2)21(17(26)20-16)12-5-3-11(19)4-6-12/h3-10,16H,1-2H3,(H,20,26)/t10-,16+,18+/m0/s1. The maximum Gasteiger partial charge on any atom is 0.270 e. The van der Waals surface area contributed by atoms with E-state index in [-0.39, 0.29) is 23.5 Å². The molecule has 0 saturated carbocycles. The molecule has 4 rings (SSSR count). The minimum atomic E-state index is -0.812. The summed E-state index contributed by atoms with van der Waals surface area (Å²) < 4.78 is 19.6. The molecule has 3 atom stereocenters. The van der Waals surface area contributed by atoms with Crippen molar-refractivity contribution in [3.8, 4) is 5.75 Å². The molecule has 2 heterocycles. The van der Waals surface area contributed by atoms with E-state index in [4.69, 9.17) is 17.0 Å². The Kier molecular flexibility index (Phi) is 3.62. The molecule has 0 aromatic heterocycles. The molecule has 1 fully saturated rings. The van der Waals surface area contributed by atoms with Crippen LogP contribution in [0.5, 0.6) is 5.75 Å². The van der Waals surface area contributed by atoms with Gasteiger partial charge in [-0.1, -0.05) is 6.92 Å². The molecule has 1 saturated heterocycles. The van der Waals surface area contributed by atoms with Crippen LogP contribution in [0.2, 0.25) is 0 Å². The van der Waals surface area contributed by atoms with E-state index in [1.807, 2.05) is 18.7 Å². The largest absolute Gasteiger partial charge is 0.467 e. The second-order valence-electron chi connectivity index (χ2n) is 6.66. The van der Waals surface area contributed by atoms with Crippen molar-refractivity contribution in [1.29, 1.82) is 0 Å². The third-order valence-electron chi connectivity index (χ3n) is 5.21. The quantitative estimate of drug-likeness (QED) is 0.489. The average Bonchev–Trinajstić information content (AvgIpc) is 2.59. The van der Waals surface area contributed by atoms with Crippen LogP contribution in [0.15, 0.2) is 42.5 Å². The number of rotatable bonds is 2. The topological polar surface area (TPSA) is 67.6 Å². The summed E-state index contributed by atoms with van der Waals surface area (Å²) in [6.45, 7) is 3.92. The van der Waals surface area contributed by atoms with Gasteiger partial charge in [0, 0.05) is 29.3 Å². The molecule has 2 aromatic carbocycles. The van der Waals surface area contributed by atoms with Crippen LogP contribution in [0.25, 0.3) is 0 Å². The van der Waals surface area contributed by atoms with E-state index in [1.54, 1.807) is 18.2 Å². The van der Waals surface area contributed by atoms with E-state index < -0.39 is 10.6 Å². The fourth-order valence-corrected chi connectivity index (χ4v) is 4.11. The van der Waals surface area contributed by atoms with Crippen molar-refractivity contribution in [2.24, 2.45) is 5.92 Å². The van der Waals surface area contributed by atoms with Crippen LogP contribution >= 0.6 is 12.2 Å². The highest BCUT2D eigenvalue weighted by molar-refractivity contribution is 7.80. The predicted molar refractivity (Wildman–Crippen MR) is 98.6 cm³/mol. The van der Waals surface area contributed by atoms with Crippen LogP contribution in [0.1, 0.15) is 25.5 Å². The molecule has 2 bridgehead atoms. The lowest BCUT2D eigenvalue weighted by Crippen LogP contribution is -2.69. The number of hydrogen-bond acceptors (Lipinski definition) is 4. The Labute approximate surface area is 154 Å². The minimum absolute atomic E-state index is 0.0110. The molecule has 134 valence electrons. The molecule has 1 N–H and O–H groups in total. The molecule has 0 spiro atoms. The first-order valence-electron chi connectivity index (χ1n) is 8.15. The number of nitrogens with zero attached hydrogens (tertiary/aromatic N) is 2. The predicted octanol–water partition coefficient (Wildman–Crippen LogP) is 3.91. The van der Waals surface area contributed by atoms with E-state index in [1.165, 1.54) is 24.3 Å². The molecule has 6 nitrogen and oxygen atoms in total. The van der Waals surface area contributed by atoms with E-state index in [0.717, 1.165) is 0 Å². The number of fused-ring (bicyclic) bond motifs is 4. The summed E-state index contributed by atoms with van der Waals surface area (Å²) in [4.78, 5) is 12.5. The highest BCUT2D eigenvalue weighted by Gasteiger charge is 2.54. The molecular weight excluding hydrogens is 357 g/mol. The van der Waals surface area contributed by atoms with Gasteiger partial charge in [-0.25, -0.2) is 4.39 Å². The molecule has 8 heteroatoms. The maximum absolute atomic E-state index is 13.3. The van der Waals surface area contributed by atoms with Crippen molar-refractivity contribution in [1.82, 2.24) is 5.32 Å². The zero-order chi connectivity index (χ0) is 18.6. The Morgan fingerprint density at radius 1 is 1.31 bits per heavy atom. The number of nitro benzene ring substituents is 1. The van der Waals surface area contributed by atoms with Crippen LogP contribution < -0.4 is 15.0 Å². The minimum Gasteiger partial charge on any atom is -0.467 e. The molecular formula is C18H16FN3O3S. The lowest BCUT2D eigenvalue weighted by Gasteiger charge is -2.56. The summed E-state index contributed by atoms with van der Waals surface area (Å²) in [5.74, 6) is 0.167. The zero-order valence-corrected chi connectivity index (χ0v) is 14.9. The monoisotopic (exact) mass is 373 g/mol. The summed E-state index contributed by atoms with van der Waals surface area (Å²) >= 11 is 5.54. The molecule has 26 heavy (non-hydrogen) atoms. The number of anilines is 1. The third kappa shape index (κ3) is 2.33. The van der Waals surface area contributed by atoms with Gasteiger partial charge in [-0.3, -0.25) is 15.0 Å². The first-order chi connectivity index (χ1) is 12.3. The highest BCUT2D eigenvalue weighted by atomic mass is 32.1. The van der Waals surface area contributed by atoms with Crippen LogP contribution in [-0.2, 0) is 0 Å². The molecule has 0 unspecified atom stereocenters. The van der Waals surface area contributed by atoms with Crippen molar-refractivity contribution in [3.05, 3.63) is 64.0 Å². The van der Waals surface area contributed by atoms with Gasteiger partial charge in [0.2, 0.25) is 0 Å². The summed E-state index contributed by atoms with van der Waals surface area (Å²) in [5.41, 5.74) is 0.623. The highest BCUT2D eigenvalue weighted by Crippen LogP contribution is 2.49. The van der Waals surface area contributed by atoms with Crippen LogP contribution in [0, 0.1) is 21.8 Å². The normalized spacial score (nSPS) is 26.6. The van der Waals surface area contributed by atoms with Crippen LogP contribution in [0.3, 0.4) is 0 Å². The SMILES string of the molecule is C[C@H]1[C@H]2NC(=S)N(c3ccc(F)cc3)[C@]1(C)Oc1ccc([N+](=O)[O-])cc12. The molecule has 2 aromatic rings. The zero-order valence-electron chi connectivity index (χ0n) is 14.1. The first kappa shape index (κ1) is 16.7. The number of halogens is 1. The Bertz CT molecular complexity index is 920. The first-order valence-corrected chi connectivity index (χ1v) is 8.56. The Balaban J connectivity index is 1.82. The van der Waals surface area contributed by atoms with Gasteiger partial charge >= 0.3 is 0 Å². The van der Waals surface area contributed by atoms with Crippen molar-refractivity contribution < 1.29 is 14.1 Å². The van der Waals surface area contributed by atoms with Crippen molar-refractivity contribution in [2.45, 2.75) is 25.6 Å². The van der Waals surface area contributed by atoms with Crippen molar-refractivity contribution >= 4 is 28.7 Å². The number of hydrogen-bond donors (Lipinski definition) is 1. The van der Waals surface area contributed by atoms with E-state index in [9.17, 15) is 14.5 Å². The number of ether oxygens (including phenoxy) is 1. The van der Waals surface area contributed by atoms with E-state index >= 15 is 0 Å². The lowest BCUT2D eigenvalue weighted by molar-refractivity contribution is -0.385. The van der Waals surface area contributed by atoms with Gasteiger partial charge in [0.25, 0.3) is 5.69 Å². The Morgan fingerprint density at radius 3 is 2.65 bits per heavy atom. The number of thiocarbonyl (C=S) groups is 1. The second kappa shape index (κ2) is 5.63. The van der Waals surface area contributed by atoms with Crippen molar-refractivity contribution in [2.75, 3.05) is 4.90 Å². The molecule has 2 aliphatic heterocycles. The van der Waals surface area contributed by atoms with Gasteiger partial charge in [-0.15, -0.1) is 0 Å². The van der Waals surface area contributed by atoms with Gasteiger partial charge < -0.3 is 10.1 Å². The average molecular weight is 373 g/mol. The van der Waals surface area contributed by atoms with Gasteiger partial charge in [0.15, 0.2) is 10.8 Å². The smallest absolute Gasteiger partial charge is 0.270 e. The fourth-order valence-electron chi connectivity index (χ4n) is 3.69. The van der Waals surface area contributed by atoms with Crippen LogP contribution in [0.4, 0.5) is 15.8 Å². The Morgan fingerprint density at radius 2 is 2.00 bits per heavy atom. The second-order valence-corrected chi connectivity index (χ2v) is 7.05. The van der Waals surface area contributed by atoms with Gasteiger partial charge in [0.1, 0.15) is 11.6 Å². The fraction of sp³-hybridized carbons (Fsp3) is 0.278. The number of nitrogens with one attached hydrogen (secondary N) is 1. The summed E-state index contributed by atoms with van der Waals surface area (Å²) in [6.07, 6.45) is 0. The third-order valence-corrected chi connectivity index (χ3v) is 5.51. The number of benzene rings is 2. The van der Waals surface area contributed by atoms with Gasteiger partial charge in [0.05, 0.1) is 11.0 Å².